The summed E-state index contributed by atoms with van der Waals surface area (Å²) in [5.74, 6) is 0. The maximum absolute atomic E-state index is 5.41. The highest BCUT2D eigenvalue weighted by molar-refractivity contribution is 6.20. The molecule has 1 aliphatic heterocycles. The van der Waals surface area contributed by atoms with E-state index in [1.54, 1.807) is 0 Å². The Morgan fingerprint density at radius 1 is 0.524 bits per heavy atom. The van der Waals surface area contributed by atoms with Crippen LogP contribution in [0.5, 0.6) is 0 Å². The fraction of sp³-hybridized carbons (Fsp3) is 0.0750. The SMILES string of the molecule is Cc1ccc(C2=CC(c3ccc(C)cc3)=N/C2=C(/c2ccccc2)c2[nH]c(-c3ccc(C)cc3)c3ccccc23)cc1. The van der Waals surface area contributed by atoms with Gasteiger partial charge in [0.25, 0.3) is 0 Å². The van der Waals surface area contributed by atoms with Crippen LogP contribution in [0.3, 0.4) is 0 Å². The largest absolute Gasteiger partial charge is 0.353 e. The van der Waals surface area contributed by atoms with Crippen LogP contribution in [0.25, 0.3) is 33.2 Å². The van der Waals surface area contributed by atoms with Gasteiger partial charge < -0.3 is 4.98 Å². The van der Waals surface area contributed by atoms with E-state index in [-0.39, 0.29) is 0 Å². The molecule has 202 valence electrons. The van der Waals surface area contributed by atoms with Gasteiger partial charge in [-0.15, -0.1) is 0 Å². The van der Waals surface area contributed by atoms with Crippen molar-refractivity contribution < 1.29 is 0 Å². The standard InChI is InChI=1S/C40H32N2/c1-26-13-19-29(20-14-26)35-25-36(30-21-15-27(2)16-22-30)41-40(35)37(31-9-5-4-6-10-31)39-34-12-8-7-11-33(34)38(42-39)32-23-17-28(3)18-24-32/h4-25,42H,1-3H3/b40-37-. The van der Waals surface area contributed by atoms with Crippen LogP contribution >= 0.6 is 0 Å². The lowest BCUT2D eigenvalue weighted by molar-refractivity contribution is 1.32. The molecule has 1 aliphatic rings. The second-order valence-electron chi connectivity index (χ2n) is 11.2. The van der Waals surface area contributed by atoms with Gasteiger partial charge >= 0.3 is 0 Å². The van der Waals surface area contributed by atoms with E-state index in [2.05, 4.69) is 159 Å². The van der Waals surface area contributed by atoms with Gasteiger partial charge in [0, 0.05) is 27.5 Å². The number of fused-ring (bicyclic) bond motifs is 1. The molecule has 2 heteroatoms. The van der Waals surface area contributed by atoms with Gasteiger partial charge in [-0.2, -0.15) is 0 Å². The van der Waals surface area contributed by atoms with Gasteiger partial charge in [0.15, 0.2) is 0 Å². The number of rotatable bonds is 5. The molecule has 0 spiro atoms. The van der Waals surface area contributed by atoms with Gasteiger partial charge in [0.2, 0.25) is 0 Å². The molecule has 1 N–H and O–H groups in total. The Morgan fingerprint density at radius 3 is 1.67 bits per heavy atom. The zero-order valence-corrected chi connectivity index (χ0v) is 24.1. The van der Waals surface area contributed by atoms with Crippen LogP contribution in [0, 0.1) is 20.8 Å². The Bertz CT molecular complexity index is 2000. The van der Waals surface area contributed by atoms with Crippen molar-refractivity contribution in [1.29, 1.82) is 0 Å². The van der Waals surface area contributed by atoms with Gasteiger partial charge in [0.1, 0.15) is 0 Å². The van der Waals surface area contributed by atoms with Gasteiger partial charge in [-0.1, -0.05) is 144 Å². The molecule has 2 nitrogen and oxygen atoms in total. The van der Waals surface area contributed by atoms with E-state index in [9.17, 15) is 0 Å². The van der Waals surface area contributed by atoms with Crippen LogP contribution in [-0.4, -0.2) is 10.7 Å². The van der Waals surface area contributed by atoms with E-state index in [0.717, 1.165) is 50.6 Å². The first kappa shape index (κ1) is 25.7. The van der Waals surface area contributed by atoms with Crippen LogP contribution in [0.4, 0.5) is 0 Å². The first-order chi connectivity index (χ1) is 20.5. The zero-order valence-electron chi connectivity index (χ0n) is 24.1. The Kier molecular flexibility index (Phi) is 6.52. The summed E-state index contributed by atoms with van der Waals surface area (Å²) in [7, 11) is 0. The highest BCUT2D eigenvalue weighted by atomic mass is 14.8. The smallest absolute Gasteiger partial charge is 0.0815 e. The number of H-pyrrole nitrogens is 1. The third-order valence-electron chi connectivity index (χ3n) is 8.08. The third kappa shape index (κ3) is 4.71. The van der Waals surface area contributed by atoms with E-state index in [0.29, 0.717) is 0 Å². The maximum Gasteiger partial charge on any atom is 0.0815 e. The second-order valence-corrected chi connectivity index (χ2v) is 11.2. The molecule has 7 rings (SSSR count). The van der Waals surface area contributed by atoms with Crippen LogP contribution in [0.2, 0.25) is 0 Å². The van der Waals surface area contributed by atoms with Gasteiger partial charge in [-0.25, -0.2) is 4.99 Å². The van der Waals surface area contributed by atoms with Crippen molar-refractivity contribution in [3.05, 3.63) is 178 Å². The fourth-order valence-electron chi connectivity index (χ4n) is 5.76. The lowest BCUT2D eigenvalue weighted by Gasteiger charge is -2.14. The molecular weight excluding hydrogens is 508 g/mol. The quantitative estimate of drug-likeness (QED) is 0.225. The fourth-order valence-corrected chi connectivity index (χ4v) is 5.76. The number of aliphatic imine (C=N–C) groups is 1. The molecule has 0 unspecified atom stereocenters. The highest BCUT2D eigenvalue weighted by Gasteiger charge is 2.26. The predicted octanol–water partition coefficient (Wildman–Crippen LogP) is 10.1. The van der Waals surface area contributed by atoms with Gasteiger partial charge in [-0.3, -0.25) is 0 Å². The van der Waals surface area contributed by atoms with Crippen molar-refractivity contribution in [1.82, 2.24) is 4.98 Å². The average Bonchev–Trinajstić information content (AvgIpc) is 3.62. The van der Waals surface area contributed by atoms with Crippen molar-refractivity contribution in [3.63, 3.8) is 0 Å². The van der Waals surface area contributed by atoms with E-state index >= 15 is 0 Å². The molecule has 0 amide bonds. The topological polar surface area (TPSA) is 28.1 Å². The molecule has 0 saturated carbocycles. The number of hydrogen-bond acceptors (Lipinski definition) is 1. The van der Waals surface area contributed by atoms with Crippen LogP contribution < -0.4 is 0 Å². The number of aromatic nitrogens is 1. The van der Waals surface area contributed by atoms with E-state index in [1.165, 1.54) is 33.0 Å². The van der Waals surface area contributed by atoms with Crippen molar-refractivity contribution in [2.75, 3.05) is 0 Å². The summed E-state index contributed by atoms with van der Waals surface area (Å²) in [5, 5.41) is 2.38. The number of allylic oxidation sites excluding steroid dienone is 2. The van der Waals surface area contributed by atoms with Crippen LogP contribution in [0.15, 0.2) is 144 Å². The monoisotopic (exact) mass is 540 g/mol. The molecular formula is C40H32N2. The van der Waals surface area contributed by atoms with Crippen molar-refractivity contribution in [3.8, 4) is 11.3 Å². The zero-order chi connectivity index (χ0) is 28.6. The Labute approximate surface area is 247 Å². The minimum atomic E-state index is 0.975. The lowest BCUT2D eigenvalue weighted by Crippen LogP contribution is -1.96. The number of aromatic amines is 1. The predicted molar refractivity (Wildman–Crippen MR) is 178 cm³/mol. The summed E-state index contributed by atoms with van der Waals surface area (Å²) < 4.78 is 0. The third-order valence-corrected chi connectivity index (χ3v) is 8.08. The summed E-state index contributed by atoms with van der Waals surface area (Å²) in [5.41, 5.74) is 14.7. The minimum absolute atomic E-state index is 0.975. The number of nitrogens with zero attached hydrogens (tertiary/aromatic N) is 1. The van der Waals surface area contributed by atoms with Crippen LogP contribution in [-0.2, 0) is 0 Å². The first-order valence-electron chi connectivity index (χ1n) is 14.5. The number of nitrogens with one attached hydrogen (secondary N) is 1. The van der Waals surface area contributed by atoms with Gasteiger partial charge in [0.05, 0.1) is 22.8 Å². The van der Waals surface area contributed by atoms with E-state index in [1.807, 2.05) is 0 Å². The molecule has 6 aromatic rings. The van der Waals surface area contributed by atoms with Gasteiger partial charge in [-0.05, 0) is 43.5 Å². The molecule has 0 radical (unpaired) electrons. The normalized spacial score (nSPS) is 14.2. The first-order valence-corrected chi connectivity index (χ1v) is 14.5. The average molecular weight is 541 g/mol. The molecule has 0 fully saturated rings. The summed E-state index contributed by atoms with van der Waals surface area (Å²) in [6, 6.07) is 45.5. The summed E-state index contributed by atoms with van der Waals surface area (Å²) in [6.07, 6.45) is 2.25. The number of hydrogen-bond donors (Lipinski definition) is 1. The van der Waals surface area contributed by atoms with E-state index in [4.69, 9.17) is 4.99 Å². The molecule has 2 heterocycles. The number of benzene rings is 5. The highest BCUT2D eigenvalue weighted by Crippen LogP contribution is 2.43. The maximum atomic E-state index is 5.41. The van der Waals surface area contributed by atoms with Crippen LogP contribution in [0.1, 0.15) is 39.1 Å². The Morgan fingerprint density at radius 2 is 1.05 bits per heavy atom. The number of aryl methyl sites for hydroxylation is 3. The molecule has 0 bridgehead atoms. The molecule has 5 aromatic carbocycles. The molecule has 1 aromatic heterocycles. The Hall–Kier alpha value is -5.21. The minimum Gasteiger partial charge on any atom is -0.353 e. The van der Waals surface area contributed by atoms with E-state index < -0.39 is 0 Å². The second kappa shape index (κ2) is 10.6. The summed E-state index contributed by atoms with van der Waals surface area (Å²) >= 11 is 0. The Balaban J connectivity index is 1.54. The summed E-state index contributed by atoms with van der Waals surface area (Å²) in [4.78, 5) is 9.30. The molecule has 0 aliphatic carbocycles. The molecule has 0 atom stereocenters. The summed E-state index contributed by atoms with van der Waals surface area (Å²) in [6.45, 7) is 6.38. The van der Waals surface area contributed by atoms with Crippen molar-refractivity contribution >= 4 is 27.6 Å². The molecule has 42 heavy (non-hydrogen) atoms. The lowest BCUT2D eigenvalue weighted by atomic mass is 9.92. The molecule has 0 saturated heterocycles. The van der Waals surface area contributed by atoms with Crippen molar-refractivity contribution in [2.24, 2.45) is 4.99 Å². The van der Waals surface area contributed by atoms with Crippen molar-refractivity contribution in [2.45, 2.75) is 20.8 Å².